The molecule has 1 aliphatic rings. The van der Waals surface area contributed by atoms with E-state index in [1.165, 1.54) is 19.3 Å². The second kappa shape index (κ2) is 6.77. The van der Waals surface area contributed by atoms with E-state index in [1.54, 1.807) is 10.7 Å². The van der Waals surface area contributed by atoms with Gasteiger partial charge in [0.25, 0.3) is 0 Å². The zero-order chi connectivity index (χ0) is 15.4. The fourth-order valence-corrected chi connectivity index (χ4v) is 3.02. The third kappa shape index (κ3) is 3.55. The van der Waals surface area contributed by atoms with Crippen molar-refractivity contribution in [2.45, 2.75) is 51.5 Å². The first kappa shape index (κ1) is 14.8. The summed E-state index contributed by atoms with van der Waals surface area (Å²) in [5.41, 5.74) is 1.89. The van der Waals surface area contributed by atoms with Crippen LogP contribution in [-0.4, -0.2) is 33.1 Å². The molecule has 1 aliphatic carbocycles. The Labute approximate surface area is 130 Å². The van der Waals surface area contributed by atoms with E-state index < -0.39 is 0 Å². The zero-order valence-electron chi connectivity index (χ0n) is 13.0. The molecule has 22 heavy (non-hydrogen) atoms. The summed E-state index contributed by atoms with van der Waals surface area (Å²) in [6, 6.07) is 2.36. The van der Waals surface area contributed by atoms with Gasteiger partial charge in [0.1, 0.15) is 5.52 Å². The van der Waals surface area contributed by atoms with E-state index in [2.05, 4.69) is 20.7 Å². The molecule has 2 aromatic heterocycles. The Hall–Kier alpha value is -2.11. The van der Waals surface area contributed by atoms with Crippen molar-refractivity contribution in [2.24, 2.45) is 0 Å². The number of rotatable bonds is 5. The van der Waals surface area contributed by atoms with Crippen LogP contribution in [0.4, 0.5) is 5.82 Å². The molecule has 0 unspecified atom stereocenters. The number of hydrogen-bond donors (Lipinski definition) is 2. The van der Waals surface area contributed by atoms with Crippen LogP contribution >= 0.6 is 0 Å². The number of hydrogen-bond acceptors (Lipinski definition) is 4. The summed E-state index contributed by atoms with van der Waals surface area (Å²) in [6.45, 7) is 2.53. The van der Waals surface area contributed by atoms with Gasteiger partial charge in [-0.3, -0.25) is 4.79 Å². The number of nitrogens with one attached hydrogen (secondary N) is 2. The van der Waals surface area contributed by atoms with Gasteiger partial charge in [0.05, 0.1) is 5.69 Å². The molecular weight excluding hydrogens is 278 g/mol. The monoisotopic (exact) mass is 301 g/mol. The SMILES string of the molecule is Cc1cc2c(NCCC(=O)NC3CCCCC3)nccn2n1. The van der Waals surface area contributed by atoms with Gasteiger partial charge in [-0.25, -0.2) is 9.50 Å². The van der Waals surface area contributed by atoms with E-state index in [1.807, 2.05) is 19.2 Å². The van der Waals surface area contributed by atoms with Gasteiger partial charge in [-0.1, -0.05) is 19.3 Å². The number of carbonyl (C=O) groups is 1. The van der Waals surface area contributed by atoms with Crippen molar-refractivity contribution in [1.29, 1.82) is 0 Å². The highest BCUT2D eigenvalue weighted by Gasteiger charge is 2.15. The van der Waals surface area contributed by atoms with Crippen molar-refractivity contribution in [2.75, 3.05) is 11.9 Å². The summed E-state index contributed by atoms with van der Waals surface area (Å²) in [5.74, 6) is 0.893. The van der Waals surface area contributed by atoms with Crippen LogP contribution in [0.1, 0.15) is 44.2 Å². The number of carbonyl (C=O) groups excluding carboxylic acids is 1. The van der Waals surface area contributed by atoms with Gasteiger partial charge in [-0.05, 0) is 25.8 Å². The van der Waals surface area contributed by atoms with Gasteiger partial charge in [0.15, 0.2) is 5.82 Å². The fraction of sp³-hybridized carbons (Fsp3) is 0.562. The summed E-state index contributed by atoms with van der Waals surface area (Å²) in [7, 11) is 0. The number of aromatic nitrogens is 3. The molecule has 3 rings (SSSR count). The lowest BCUT2D eigenvalue weighted by molar-refractivity contribution is -0.121. The molecule has 0 bridgehead atoms. The number of amides is 1. The van der Waals surface area contributed by atoms with E-state index in [0.717, 1.165) is 29.9 Å². The van der Waals surface area contributed by atoms with Gasteiger partial charge < -0.3 is 10.6 Å². The zero-order valence-corrected chi connectivity index (χ0v) is 13.0. The third-order valence-electron chi connectivity index (χ3n) is 4.13. The Balaban J connectivity index is 1.50. The third-order valence-corrected chi connectivity index (χ3v) is 4.13. The number of anilines is 1. The fourth-order valence-electron chi connectivity index (χ4n) is 3.02. The lowest BCUT2D eigenvalue weighted by Crippen LogP contribution is -2.36. The second-order valence-electron chi connectivity index (χ2n) is 5.97. The topological polar surface area (TPSA) is 71.3 Å². The first-order valence-corrected chi connectivity index (χ1v) is 8.06. The molecule has 0 aromatic carbocycles. The maximum Gasteiger partial charge on any atom is 0.221 e. The minimum Gasteiger partial charge on any atom is -0.368 e. The van der Waals surface area contributed by atoms with Crippen molar-refractivity contribution in [1.82, 2.24) is 19.9 Å². The van der Waals surface area contributed by atoms with E-state index >= 15 is 0 Å². The van der Waals surface area contributed by atoms with Crippen LogP contribution in [0.25, 0.3) is 5.52 Å². The summed E-state index contributed by atoms with van der Waals surface area (Å²) < 4.78 is 1.80. The van der Waals surface area contributed by atoms with Crippen molar-refractivity contribution in [3.8, 4) is 0 Å². The molecular formula is C16H23N5O. The standard InChI is InChI=1S/C16H23N5O/c1-12-11-14-16(18-9-10-21(14)20-12)17-8-7-15(22)19-13-5-3-2-4-6-13/h9-11,13H,2-8H2,1H3,(H,17,18)(H,19,22). The van der Waals surface area contributed by atoms with Crippen molar-refractivity contribution in [3.05, 3.63) is 24.2 Å². The normalized spacial score (nSPS) is 15.9. The molecule has 2 heterocycles. The number of nitrogens with zero attached hydrogens (tertiary/aromatic N) is 3. The van der Waals surface area contributed by atoms with E-state index in [9.17, 15) is 4.79 Å². The van der Waals surface area contributed by atoms with Gasteiger partial charge in [0, 0.05) is 31.4 Å². The maximum atomic E-state index is 12.0. The quantitative estimate of drug-likeness (QED) is 0.889. The largest absolute Gasteiger partial charge is 0.368 e. The smallest absolute Gasteiger partial charge is 0.221 e. The molecule has 0 aliphatic heterocycles. The second-order valence-corrected chi connectivity index (χ2v) is 5.97. The molecule has 1 amide bonds. The van der Waals surface area contributed by atoms with Crippen LogP contribution < -0.4 is 10.6 Å². The van der Waals surface area contributed by atoms with Crippen LogP contribution in [-0.2, 0) is 4.79 Å². The highest BCUT2D eigenvalue weighted by molar-refractivity contribution is 5.77. The van der Waals surface area contributed by atoms with Crippen LogP contribution in [0.5, 0.6) is 0 Å². The van der Waals surface area contributed by atoms with E-state index in [4.69, 9.17) is 0 Å². The van der Waals surface area contributed by atoms with Crippen molar-refractivity contribution >= 4 is 17.2 Å². The van der Waals surface area contributed by atoms with Gasteiger partial charge in [-0.15, -0.1) is 0 Å². The Kier molecular flexibility index (Phi) is 4.56. The minimum atomic E-state index is 0.121. The highest BCUT2D eigenvalue weighted by atomic mass is 16.1. The van der Waals surface area contributed by atoms with Crippen molar-refractivity contribution < 1.29 is 4.79 Å². The molecule has 6 nitrogen and oxygen atoms in total. The van der Waals surface area contributed by atoms with Crippen molar-refractivity contribution in [3.63, 3.8) is 0 Å². The molecule has 1 fully saturated rings. The molecule has 1 saturated carbocycles. The Bertz CT molecular complexity index is 645. The number of fused-ring (bicyclic) bond motifs is 1. The first-order chi connectivity index (χ1) is 10.7. The maximum absolute atomic E-state index is 12.0. The van der Waals surface area contributed by atoms with Crippen LogP contribution in [0.15, 0.2) is 18.5 Å². The number of aryl methyl sites for hydroxylation is 1. The van der Waals surface area contributed by atoms with Crippen LogP contribution in [0.3, 0.4) is 0 Å². The Morgan fingerprint density at radius 3 is 3.00 bits per heavy atom. The molecule has 118 valence electrons. The molecule has 0 saturated heterocycles. The summed E-state index contributed by atoms with van der Waals surface area (Å²) in [6.07, 6.45) is 10.0. The van der Waals surface area contributed by atoms with Crippen LogP contribution in [0.2, 0.25) is 0 Å². The predicted molar refractivity (Wildman–Crippen MR) is 85.8 cm³/mol. The van der Waals surface area contributed by atoms with E-state index in [-0.39, 0.29) is 5.91 Å². The average Bonchev–Trinajstić information content (AvgIpc) is 2.89. The summed E-state index contributed by atoms with van der Waals surface area (Å²) >= 11 is 0. The summed E-state index contributed by atoms with van der Waals surface area (Å²) in [5, 5.41) is 10.7. The van der Waals surface area contributed by atoms with Gasteiger partial charge >= 0.3 is 0 Å². The van der Waals surface area contributed by atoms with Gasteiger partial charge in [-0.2, -0.15) is 5.10 Å². The molecule has 2 aromatic rings. The predicted octanol–water partition coefficient (Wildman–Crippen LogP) is 2.29. The van der Waals surface area contributed by atoms with E-state index in [0.29, 0.717) is 19.0 Å². The molecule has 0 radical (unpaired) electrons. The lowest BCUT2D eigenvalue weighted by Gasteiger charge is -2.22. The molecule has 2 N–H and O–H groups in total. The van der Waals surface area contributed by atoms with Crippen LogP contribution in [0, 0.1) is 6.92 Å². The lowest BCUT2D eigenvalue weighted by atomic mass is 9.95. The minimum absolute atomic E-state index is 0.121. The average molecular weight is 301 g/mol. The van der Waals surface area contributed by atoms with Gasteiger partial charge in [0.2, 0.25) is 5.91 Å². The molecule has 0 spiro atoms. The molecule has 0 atom stereocenters. The summed E-state index contributed by atoms with van der Waals surface area (Å²) in [4.78, 5) is 16.3. The Morgan fingerprint density at radius 2 is 2.18 bits per heavy atom. The highest BCUT2D eigenvalue weighted by Crippen LogP contribution is 2.17. The Morgan fingerprint density at radius 1 is 1.36 bits per heavy atom. The first-order valence-electron chi connectivity index (χ1n) is 8.06. The molecule has 6 heteroatoms.